The van der Waals surface area contributed by atoms with E-state index >= 15 is 0 Å². The first-order chi connectivity index (χ1) is 12.2. The molecule has 0 saturated heterocycles. The van der Waals surface area contributed by atoms with Crippen molar-refractivity contribution >= 4 is 23.5 Å². The normalized spacial score (nSPS) is 10.9. The molecule has 0 aliphatic carbocycles. The van der Waals surface area contributed by atoms with Crippen LogP contribution < -0.4 is 5.32 Å². The lowest BCUT2D eigenvalue weighted by Crippen LogP contribution is -2.25. The molecule has 0 unspecified atom stereocenters. The number of pyridine rings is 1. The molecular weight excluding hydrogens is 336 g/mol. The Morgan fingerprint density at radius 1 is 1.15 bits per heavy atom. The number of rotatable bonds is 5. The number of ether oxygens (including phenoxy) is 1. The molecular formula is C19H20N2O5. The molecule has 1 aromatic heterocycles. The first-order valence-electron chi connectivity index (χ1n) is 7.96. The number of nitrogens with zero attached hydrogens (tertiary/aromatic N) is 1. The SMILES string of the molecule is CC(C)(C)OC(=O)Cc1ccccc1NC(=O)c1cc(C(=O)O)ccn1. The highest BCUT2D eigenvalue weighted by molar-refractivity contribution is 6.04. The van der Waals surface area contributed by atoms with Crippen molar-refractivity contribution in [1.29, 1.82) is 0 Å². The number of carbonyl (C=O) groups is 3. The molecule has 0 bridgehead atoms. The number of hydrogen-bond acceptors (Lipinski definition) is 5. The second kappa shape index (κ2) is 7.77. The van der Waals surface area contributed by atoms with Gasteiger partial charge in [0.1, 0.15) is 11.3 Å². The summed E-state index contributed by atoms with van der Waals surface area (Å²) in [6, 6.07) is 9.32. The molecule has 7 nitrogen and oxygen atoms in total. The number of anilines is 1. The number of hydrogen-bond donors (Lipinski definition) is 2. The fraction of sp³-hybridized carbons (Fsp3) is 0.263. The lowest BCUT2D eigenvalue weighted by atomic mass is 10.1. The Labute approximate surface area is 151 Å². The maximum Gasteiger partial charge on any atom is 0.335 e. The second-order valence-electron chi connectivity index (χ2n) is 6.61. The average Bonchev–Trinajstić information content (AvgIpc) is 2.55. The Hall–Kier alpha value is -3.22. The molecule has 7 heteroatoms. The third-order valence-corrected chi connectivity index (χ3v) is 3.26. The predicted octanol–water partition coefficient (Wildman–Crippen LogP) is 2.92. The lowest BCUT2D eigenvalue weighted by molar-refractivity contribution is -0.153. The Morgan fingerprint density at radius 2 is 1.85 bits per heavy atom. The summed E-state index contributed by atoms with van der Waals surface area (Å²) in [5, 5.41) is 11.7. The fourth-order valence-electron chi connectivity index (χ4n) is 2.20. The zero-order chi connectivity index (χ0) is 19.3. The van der Waals surface area contributed by atoms with Crippen LogP contribution in [0.3, 0.4) is 0 Å². The standard InChI is InChI=1S/C19H20N2O5/c1-19(2,3)26-16(22)11-12-6-4-5-7-14(12)21-17(23)15-10-13(18(24)25)8-9-20-15/h4-10H,11H2,1-3H3,(H,21,23)(H,24,25). The Balaban J connectivity index is 2.17. The molecule has 0 aliphatic rings. The molecule has 0 aliphatic heterocycles. The molecule has 1 heterocycles. The van der Waals surface area contributed by atoms with E-state index in [1.165, 1.54) is 18.3 Å². The molecule has 0 atom stereocenters. The second-order valence-corrected chi connectivity index (χ2v) is 6.61. The summed E-state index contributed by atoms with van der Waals surface area (Å²) in [4.78, 5) is 39.3. The van der Waals surface area contributed by atoms with E-state index in [0.29, 0.717) is 11.3 Å². The van der Waals surface area contributed by atoms with Crippen molar-refractivity contribution in [2.75, 3.05) is 5.32 Å². The van der Waals surface area contributed by atoms with E-state index in [9.17, 15) is 14.4 Å². The van der Waals surface area contributed by atoms with Gasteiger partial charge < -0.3 is 15.2 Å². The third-order valence-electron chi connectivity index (χ3n) is 3.26. The van der Waals surface area contributed by atoms with E-state index in [0.717, 1.165) is 0 Å². The molecule has 0 fully saturated rings. The highest BCUT2D eigenvalue weighted by Gasteiger charge is 2.19. The molecule has 1 aromatic carbocycles. The summed E-state index contributed by atoms with van der Waals surface area (Å²) >= 11 is 0. The van der Waals surface area contributed by atoms with Crippen molar-refractivity contribution in [1.82, 2.24) is 4.98 Å². The van der Waals surface area contributed by atoms with Crippen molar-refractivity contribution < 1.29 is 24.2 Å². The number of carbonyl (C=O) groups excluding carboxylic acids is 2. The number of nitrogens with one attached hydrogen (secondary N) is 1. The van der Waals surface area contributed by atoms with Crippen molar-refractivity contribution in [2.24, 2.45) is 0 Å². The van der Waals surface area contributed by atoms with Gasteiger partial charge in [-0.2, -0.15) is 0 Å². The van der Waals surface area contributed by atoms with Crippen LogP contribution >= 0.6 is 0 Å². The van der Waals surface area contributed by atoms with Gasteiger partial charge in [-0.05, 0) is 44.5 Å². The van der Waals surface area contributed by atoms with Crippen LogP contribution in [0.25, 0.3) is 0 Å². The maximum absolute atomic E-state index is 12.4. The Kier molecular flexibility index (Phi) is 5.71. The van der Waals surface area contributed by atoms with Gasteiger partial charge in [-0.1, -0.05) is 18.2 Å². The van der Waals surface area contributed by atoms with Crippen molar-refractivity contribution in [2.45, 2.75) is 32.8 Å². The van der Waals surface area contributed by atoms with Crippen LogP contribution in [0.15, 0.2) is 42.6 Å². The van der Waals surface area contributed by atoms with Gasteiger partial charge in [0.2, 0.25) is 0 Å². The Morgan fingerprint density at radius 3 is 2.50 bits per heavy atom. The van der Waals surface area contributed by atoms with E-state index in [4.69, 9.17) is 9.84 Å². The van der Waals surface area contributed by atoms with Crippen LogP contribution in [0.4, 0.5) is 5.69 Å². The van der Waals surface area contributed by atoms with Gasteiger partial charge in [-0.25, -0.2) is 4.79 Å². The number of benzene rings is 1. The van der Waals surface area contributed by atoms with Crippen LogP contribution in [0.2, 0.25) is 0 Å². The van der Waals surface area contributed by atoms with Crippen LogP contribution in [0.5, 0.6) is 0 Å². The van der Waals surface area contributed by atoms with Crippen LogP contribution in [0.1, 0.15) is 47.2 Å². The number of aromatic nitrogens is 1. The molecule has 0 saturated carbocycles. The average molecular weight is 356 g/mol. The molecule has 0 spiro atoms. The van der Waals surface area contributed by atoms with Crippen molar-refractivity contribution in [3.05, 3.63) is 59.4 Å². The first kappa shape index (κ1) is 19.1. The van der Waals surface area contributed by atoms with Gasteiger partial charge in [0, 0.05) is 11.9 Å². The predicted molar refractivity (Wildman–Crippen MR) is 95.1 cm³/mol. The molecule has 2 rings (SSSR count). The molecule has 0 radical (unpaired) electrons. The summed E-state index contributed by atoms with van der Waals surface area (Å²) in [6.45, 7) is 5.33. The highest BCUT2D eigenvalue weighted by Crippen LogP contribution is 2.19. The van der Waals surface area contributed by atoms with Crippen LogP contribution in [-0.2, 0) is 16.0 Å². The summed E-state index contributed by atoms with van der Waals surface area (Å²) in [7, 11) is 0. The topological polar surface area (TPSA) is 106 Å². The minimum Gasteiger partial charge on any atom is -0.478 e. The lowest BCUT2D eigenvalue weighted by Gasteiger charge is -2.20. The van der Waals surface area contributed by atoms with E-state index in [1.807, 2.05) is 0 Å². The van der Waals surface area contributed by atoms with Gasteiger partial charge in [0.25, 0.3) is 5.91 Å². The van der Waals surface area contributed by atoms with Crippen LogP contribution in [-0.4, -0.2) is 33.5 Å². The van der Waals surface area contributed by atoms with Gasteiger partial charge >= 0.3 is 11.9 Å². The number of aromatic carboxylic acids is 1. The number of esters is 1. The first-order valence-corrected chi connectivity index (χ1v) is 7.96. The molecule has 136 valence electrons. The fourth-order valence-corrected chi connectivity index (χ4v) is 2.20. The molecule has 2 aromatic rings. The van der Waals surface area contributed by atoms with Gasteiger partial charge in [0.15, 0.2) is 0 Å². The molecule has 2 N–H and O–H groups in total. The largest absolute Gasteiger partial charge is 0.478 e. The van der Waals surface area contributed by atoms with Crippen molar-refractivity contribution in [3.63, 3.8) is 0 Å². The van der Waals surface area contributed by atoms with Gasteiger partial charge in [0.05, 0.1) is 12.0 Å². The van der Waals surface area contributed by atoms with E-state index in [2.05, 4.69) is 10.3 Å². The number of carboxylic acids is 1. The summed E-state index contributed by atoms with van der Waals surface area (Å²) in [5.74, 6) is -2.12. The summed E-state index contributed by atoms with van der Waals surface area (Å²) in [5.41, 5.74) is 0.357. The zero-order valence-corrected chi connectivity index (χ0v) is 14.8. The number of para-hydroxylation sites is 1. The minimum absolute atomic E-state index is 0.00365. The summed E-state index contributed by atoms with van der Waals surface area (Å²) < 4.78 is 5.30. The van der Waals surface area contributed by atoms with Crippen molar-refractivity contribution in [3.8, 4) is 0 Å². The minimum atomic E-state index is -1.15. The van der Waals surface area contributed by atoms with Gasteiger partial charge in [-0.15, -0.1) is 0 Å². The summed E-state index contributed by atoms with van der Waals surface area (Å²) in [6.07, 6.45) is 1.25. The quantitative estimate of drug-likeness (QED) is 0.798. The smallest absolute Gasteiger partial charge is 0.335 e. The number of carboxylic acid groups (broad SMARTS) is 1. The van der Waals surface area contributed by atoms with Gasteiger partial charge in [-0.3, -0.25) is 14.6 Å². The third kappa shape index (κ3) is 5.41. The van der Waals surface area contributed by atoms with E-state index in [1.54, 1.807) is 45.0 Å². The van der Waals surface area contributed by atoms with Crippen LogP contribution in [0, 0.1) is 0 Å². The zero-order valence-electron chi connectivity index (χ0n) is 14.8. The molecule has 1 amide bonds. The van der Waals surface area contributed by atoms with E-state index < -0.39 is 23.4 Å². The monoisotopic (exact) mass is 356 g/mol. The molecule has 26 heavy (non-hydrogen) atoms. The highest BCUT2D eigenvalue weighted by atomic mass is 16.6. The Bertz CT molecular complexity index is 840. The maximum atomic E-state index is 12.4. The number of amides is 1. The van der Waals surface area contributed by atoms with E-state index in [-0.39, 0.29) is 17.7 Å².